The second-order valence-corrected chi connectivity index (χ2v) is 22.3. The maximum Gasteiger partial charge on any atom is -0.0809 e. The van der Waals surface area contributed by atoms with Gasteiger partial charge >= 0.3 is 43.1 Å². The summed E-state index contributed by atoms with van der Waals surface area (Å²) in [5.41, 5.74) is 0. The van der Waals surface area contributed by atoms with E-state index in [2.05, 4.69) is 96.4 Å². The Labute approximate surface area is 148 Å². The Bertz CT molecular complexity index is 708. The molecule has 0 atom stereocenters. The molecule has 108 valence electrons. The van der Waals surface area contributed by atoms with E-state index in [4.69, 9.17) is 0 Å². The van der Waals surface area contributed by atoms with Gasteiger partial charge < -0.3 is 0 Å². The molecule has 0 spiro atoms. The second-order valence-electron chi connectivity index (χ2n) is 5.31. The van der Waals surface area contributed by atoms with E-state index in [-0.39, 0.29) is 9.98 Å². The predicted octanol–water partition coefficient (Wildman–Crippen LogP) is 5.90. The summed E-state index contributed by atoms with van der Waals surface area (Å²) < 4.78 is 0. The Morgan fingerprint density at radius 2 is 1.05 bits per heavy atom. The molecule has 0 aliphatic rings. The van der Waals surface area contributed by atoms with Gasteiger partial charge in [-0.25, -0.2) is 0 Å². The zero-order chi connectivity index (χ0) is 15.8. The quantitative estimate of drug-likeness (QED) is 0.244. The van der Waals surface area contributed by atoms with E-state index in [9.17, 15) is 0 Å². The fourth-order valence-corrected chi connectivity index (χ4v) is 2.14. The summed E-state index contributed by atoms with van der Waals surface area (Å²) in [5.74, 6) is 4.75. The molecule has 2 heteroatoms. The van der Waals surface area contributed by atoms with Gasteiger partial charge in [-0.15, -0.1) is 59.3 Å². The van der Waals surface area contributed by atoms with Crippen LogP contribution in [0.25, 0.3) is 21.5 Å². The fraction of sp³-hybridized carbons (Fsp3) is 0.100. The van der Waals surface area contributed by atoms with Crippen LogP contribution < -0.4 is 0 Å². The van der Waals surface area contributed by atoms with Gasteiger partial charge in [0.1, 0.15) is 0 Å². The zero-order valence-electron chi connectivity index (χ0n) is 13.1. The molecule has 0 amide bonds. The topological polar surface area (TPSA) is 0 Å². The van der Waals surface area contributed by atoms with Crippen molar-refractivity contribution in [1.29, 1.82) is 0 Å². The molecular formula is C20H20GeZr. The summed E-state index contributed by atoms with van der Waals surface area (Å²) in [6.45, 7) is 0. The van der Waals surface area contributed by atoms with E-state index in [1.54, 1.807) is 21.6 Å². The van der Waals surface area contributed by atoms with E-state index in [0.29, 0.717) is 0 Å². The molecule has 22 heavy (non-hydrogen) atoms. The average Bonchev–Trinajstić information content (AvgIpc) is 3.16. The number of rotatable bonds is 0. The van der Waals surface area contributed by atoms with Gasteiger partial charge in [0, 0.05) is 0 Å². The summed E-state index contributed by atoms with van der Waals surface area (Å²) in [6, 6.07) is 29.3. The van der Waals surface area contributed by atoms with E-state index in [0.717, 1.165) is 0 Å². The largest absolute Gasteiger partial charge is 0.168 e. The molecule has 0 heterocycles. The number of benzene rings is 2. The van der Waals surface area contributed by atoms with Gasteiger partial charge in [-0.05, 0) is 0 Å². The smallest absolute Gasteiger partial charge is 0.0809 e. The third-order valence-corrected chi connectivity index (χ3v) is 3.10. The number of fused-ring (bicyclic) bond motifs is 2. The van der Waals surface area contributed by atoms with Crippen LogP contribution >= 0.6 is 0 Å². The monoisotopic (exact) mass is 424 g/mol. The van der Waals surface area contributed by atoms with Gasteiger partial charge in [0.15, 0.2) is 0 Å². The zero-order valence-corrected chi connectivity index (χ0v) is 17.6. The summed E-state index contributed by atoms with van der Waals surface area (Å²) >= 11 is 1.80. The van der Waals surface area contributed by atoms with Crippen molar-refractivity contribution in [3.63, 3.8) is 0 Å². The van der Waals surface area contributed by atoms with Crippen LogP contribution in [0, 0.1) is 0 Å². The van der Waals surface area contributed by atoms with Crippen LogP contribution in [0.4, 0.5) is 0 Å². The molecule has 0 N–H and O–H groups in total. The minimum Gasteiger partial charge on any atom is -0.168 e. The van der Waals surface area contributed by atoms with Crippen molar-refractivity contribution in [2.75, 3.05) is 0 Å². The molecule has 0 unspecified atom stereocenters. The van der Waals surface area contributed by atoms with E-state index < -0.39 is 0 Å². The minimum absolute atomic E-state index is 0.243. The predicted molar refractivity (Wildman–Crippen MR) is 96.6 cm³/mol. The Morgan fingerprint density at radius 1 is 0.682 bits per heavy atom. The third-order valence-electron chi connectivity index (χ3n) is 3.10. The normalized spacial score (nSPS) is 9.64. The Balaban J connectivity index is 0.000000131. The van der Waals surface area contributed by atoms with Crippen LogP contribution in [-0.4, -0.2) is 9.98 Å². The molecule has 4 aromatic rings. The summed E-state index contributed by atoms with van der Waals surface area (Å²) in [6.07, 6.45) is 0. The molecule has 0 nitrogen and oxygen atoms in total. The van der Waals surface area contributed by atoms with Gasteiger partial charge in [0.05, 0.1) is 0 Å². The average molecular weight is 424 g/mol. The first-order valence-electron chi connectivity index (χ1n) is 7.39. The van der Waals surface area contributed by atoms with E-state index >= 15 is 0 Å². The molecule has 0 radical (unpaired) electrons. The molecular weight excluding hydrogens is 404 g/mol. The van der Waals surface area contributed by atoms with Crippen LogP contribution in [-0.2, 0) is 21.6 Å². The molecule has 4 aromatic carbocycles. The van der Waals surface area contributed by atoms with Crippen molar-refractivity contribution >= 4 is 31.5 Å². The molecule has 0 saturated carbocycles. The van der Waals surface area contributed by atoms with Crippen LogP contribution in [0.1, 0.15) is 0 Å². The van der Waals surface area contributed by atoms with Crippen molar-refractivity contribution < 1.29 is 21.6 Å². The van der Waals surface area contributed by atoms with Crippen LogP contribution in [0.3, 0.4) is 0 Å². The summed E-state index contributed by atoms with van der Waals surface area (Å²) in [4.78, 5) is 0. The van der Waals surface area contributed by atoms with Gasteiger partial charge in [-0.3, -0.25) is 0 Å². The maximum atomic E-state index is 2.37. The molecule has 0 fully saturated rings. The number of hydrogen-bond donors (Lipinski definition) is 0. The molecule has 0 aliphatic heterocycles. The van der Waals surface area contributed by atoms with Crippen LogP contribution in [0.5, 0.6) is 0 Å². The molecule has 0 bridgehead atoms. The van der Waals surface area contributed by atoms with Gasteiger partial charge in [-0.2, -0.15) is 35.0 Å². The maximum absolute atomic E-state index is 2.37. The number of hydrogen-bond acceptors (Lipinski definition) is 0. The molecule has 0 aliphatic carbocycles. The Hall–Kier alpha value is -0.914. The van der Waals surface area contributed by atoms with Gasteiger partial charge in [0.2, 0.25) is 0 Å². The van der Waals surface area contributed by atoms with Crippen molar-refractivity contribution in [2.45, 2.75) is 11.5 Å². The standard InChI is InChI=1S/2C9H7.C2H6Ge.Zr/c2*1-2-5-9-7-3-6-8(9)4-1;1-3-2;/h2*1-7H;1-2H3;/q2*-1;;+2. The van der Waals surface area contributed by atoms with E-state index in [1.165, 1.54) is 21.5 Å². The van der Waals surface area contributed by atoms with Crippen molar-refractivity contribution in [3.05, 3.63) is 84.9 Å². The van der Waals surface area contributed by atoms with Gasteiger partial charge in [0.25, 0.3) is 0 Å². The van der Waals surface area contributed by atoms with Gasteiger partial charge in [-0.1, -0.05) is 12.1 Å². The van der Waals surface area contributed by atoms with Crippen LogP contribution in [0.2, 0.25) is 11.5 Å². The van der Waals surface area contributed by atoms with Crippen molar-refractivity contribution in [1.82, 2.24) is 0 Å². The SMILES string of the molecule is [CH3][Ge]([CH3])=[Zr+2].c1ccc2[cH-]ccc2c1.c1ccc2[cH-]ccc2c1. The molecule has 0 saturated heterocycles. The first-order valence-corrected chi connectivity index (χ1v) is 19.0. The Morgan fingerprint density at radius 3 is 1.41 bits per heavy atom. The fourth-order valence-electron chi connectivity index (χ4n) is 2.14. The third kappa shape index (κ3) is 5.70. The van der Waals surface area contributed by atoms with Crippen LogP contribution in [0.15, 0.2) is 84.9 Å². The first kappa shape index (κ1) is 17.4. The summed E-state index contributed by atoms with van der Waals surface area (Å²) in [5, 5.41) is 5.32. The Kier molecular flexibility index (Phi) is 7.35. The second kappa shape index (κ2) is 9.28. The molecule has 0 aromatic heterocycles. The minimum atomic E-state index is -0.243. The van der Waals surface area contributed by atoms with E-state index in [1.807, 2.05) is 0 Å². The van der Waals surface area contributed by atoms with Crippen molar-refractivity contribution in [3.8, 4) is 0 Å². The first-order chi connectivity index (χ1) is 10.7. The van der Waals surface area contributed by atoms with Crippen molar-refractivity contribution in [2.24, 2.45) is 0 Å². The summed E-state index contributed by atoms with van der Waals surface area (Å²) in [7, 11) is -0.243. The molecule has 4 rings (SSSR count).